The molecule has 0 aliphatic carbocycles. The zero-order valence-electron chi connectivity index (χ0n) is 12.5. The number of nitrogens with zero attached hydrogens (tertiary/aromatic N) is 3. The van der Waals surface area contributed by atoms with Gasteiger partial charge in [-0.3, -0.25) is 9.78 Å². The summed E-state index contributed by atoms with van der Waals surface area (Å²) in [6, 6.07) is 10.3. The Labute approximate surface area is 129 Å². The van der Waals surface area contributed by atoms with E-state index >= 15 is 0 Å². The summed E-state index contributed by atoms with van der Waals surface area (Å²) in [6.45, 7) is 0.769. The van der Waals surface area contributed by atoms with E-state index < -0.39 is 0 Å². The lowest BCUT2D eigenvalue weighted by atomic mass is 10.1. The monoisotopic (exact) mass is 291 g/mol. The van der Waals surface area contributed by atoms with Gasteiger partial charge in [-0.05, 0) is 41.8 Å². The Hall–Kier alpha value is -2.62. The summed E-state index contributed by atoms with van der Waals surface area (Å²) in [5, 5.41) is 1.18. The highest BCUT2D eigenvalue weighted by Crippen LogP contribution is 2.33. The van der Waals surface area contributed by atoms with Gasteiger partial charge < -0.3 is 9.47 Å². The van der Waals surface area contributed by atoms with Crippen LogP contribution in [0, 0.1) is 0 Å². The Morgan fingerprint density at radius 2 is 2.23 bits per heavy atom. The summed E-state index contributed by atoms with van der Waals surface area (Å²) in [6.07, 6.45) is 6.87. The average Bonchev–Trinajstić information content (AvgIpc) is 3.10. The van der Waals surface area contributed by atoms with Gasteiger partial charge in [-0.25, -0.2) is 0 Å². The molecule has 0 saturated heterocycles. The van der Waals surface area contributed by atoms with Crippen molar-refractivity contribution in [3.8, 4) is 0 Å². The predicted octanol–water partition coefficient (Wildman–Crippen LogP) is 2.71. The number of carbonyl (C=O) groups excluding carboxylic acids is 1. The van der Waals surface area contributed by atoms with E-state index in [9.17, 15) is 4.79 Å². The fourth-order valence-corrected chi connectivity index (χ4v) is 3.18. The predicted molar refractivity (Wildman–Crippen MR) is 86.9 cm³/mol. The molecule has 1 amide bonds. The molecule has 3 heterocycles. The molecule has 4 nitrogen and oxygen atoms in total. The number of hydrogen-bond donors (Lipinski definition) is 0. The lowest BCUT2D eigenvalue weighted by molar-refractivity contribution is -0.117. The molecule has 0 radical (unpaired) electrons. The molecule has 110 valence electrons. The van der Waals surface area contributed by atoms with Crippen LogP contribution in [0.5, 0.6) is 0 Å². The normalized spacial score (nSPS) is 13.6. The molecule has 1 aliphatic heterocycles. The third kappa shape index (κ3) is 2.08. The fraction of sp³-hybridized carbons (Fsp3) is 0.222. The van der Waals surface area contributed by atoms with Crippen molar-refractivity contribution in [3.63, 3.8) is 0 Å². The highest BCUT2D eigenvalue weighted by atomic mass is 16.2. The fourth-order valence-electron chi connectivity index (χ4n) is 3.18. The van der Waals surface area contributed by atoms with Crippen LogP contribution in [-0.4, -0.2) is 22.0 Å². The summed E-state index contributed by atoms with van der Waals surface area (Å²) in [5.74, 6) is 0.141. The van der Waals surface area contributed by atoms with Crippen LogP contribution in [0.15, 0.2) is 48.9 Å². The molecule has 2 aromatic heterocycles. The molecule has 0 unspecified atom stereocenters. The molecule has 1 aromatic carbocycles. The molecule has 1 aliphatic rings. The minimum Gasteiger partial charge on any atom is -0.351 e. The second-order valence-electron chi connectivity index (χ2n) is 5.80. The second kappa shape index (κ2) is 4.98. The Kier molecular flexibility index (Phi) is 2.96. The Balaban J connectivity index is 1.66. The van der Waals surface area contributed by atoms with Gasteiger partial charge in [0.2, 0.25) is 5.91 Å². The molecular formula is C18H17N3O. The Morgan fingerprint density at radius 1 is 1.32 bits per heavy atom. The summed E-state index contributed by atoms with van der Waals surface area (Å²) in [5.41, 5.74) is 4.50. The van der Waals surface area contributed by atoms with E-state index in [1.165, 1.54) is 16.5 Å². The number of aromatic nitrogens is 2. The van der Waals surface area contributed by atoms with Crippen molar-refractivity contribution in [2.45, 2.75) is 12.8 Å². The Bertz CT molecular complexity index is 851. The Morgan fingerprint density at radius 3 is 3.05 bits per heavy atom. The number of benzene rings is 1. The van der Waals surface area contributed by atoms with Gasteiger partial charge in [-0.1, -0.05) is 6.07 Å². The molecule has 0 atom stereocenters. The second-order valence-corrected chi connectivity index (χ2v) is 5.80. The highest BCUT2D eigenvalue weighted by Gasteiger charge is 2.25. The summed E-state index contributed by atoms with van der Waals surface area (Å²) in [7, 11) is 2.05. The van der Waals surface area contributed by atoms with E-state index in [0.717, 1.165) is 24.2 Å². The number of anilines is 1. The molecule has 3 aromatic rings. The van der Waals surface area contributed by atoms with E-state index in [1.807, 2.05) is 17.0 Å². The van der Waals surface area contributed by atoms with Gasteiger partial charge in [0.15, 0.2) is 0 Å². The smallest absolute Gasteiger partial charge is 0.231 e. The average molecular weight is 291 g/mol. The van der Waals surface area contributed by atoms with E-state index in [1.54, 1.807) is 12.4 Å². The minimum atomic E-state index is 0.141. The number of rotatable bonds is 2. The molecule has 4 rings (SSSR count). The maximum Gasteiger partial charge on any atom is 0.231 e. The van der Waals surface area contributed by atoms with Crippen LogP contribution < -0.4 is 4.90 Å². The van der Waals surface area contributed by atoms with Crippen LogP contribution in [0.25, 0.3) is 10.9 Å². The number of pyridine rings is 1. The maximum absolute atomic E-state index is 12.6. The first-order valence-corrected chi connectivity index (χ1v) is 7.49. The van der Waals surface area contributed by atoms with Crippen molar-refractivity contribution in [2.24, 2.45) is 7.05 Å². The number of carbonyl (C=O) groups is 1. The zero-order valence-corrected chi connectivity index (χ0v) is 12.5. The largest absolute Gasteiger partial charge is 0.351 e. The number of amides is 1. The van der Waals surface area contributed by atoms with E-state index in [2.05, 4.69) is 41.0 Å². The lowest BCUT2D eigenvalue weighted by Gasteiger charge is -2.17. The SMILES string of the molecule is Cn1ccc2cc3c(cc21)CCN3C(=O)Cc1cccnc1. The van der Waals surface area contributed by atoms with Crippen LogP contribution in [0.3, 0.4) is 0 Å². The lowest BCUT2D eigenvalue weighted by Crippen LogP contribution is -2.30. The van der Waals surface area contributed by atoms with Crippen molar-refractivity contribution in [3.05, 3.63) is 60.0 Å². The standard InChI is InChI=1S/C18H17N3O/c1-20-7-4-14-11-17-15(10-16(14)20)5-8-21(17)18(22)9-13-3-2-6-19-12-13/h2-4,6-7,10-12H,5,8-9H2,1H3. The van der Waals surface area contributed by atoms with Crippen LogP contribution in [-0.2, 0) is 24.7 Å². The van der Waals surface area contributed by atoms with Crippen molar-refractivity contribution < 1.29 is 4.79 Å². The summed E-state index contributed by atoms with van der Waals surface area (Å²) < 4.78 is 2.12. The molecule has 0 saturated carbocycles. The summed E-state index contributed by atoms with van der Waals surface area (Å²) in [4.78, 5) is 18.6. The third-order valence-electron chi connectivity index (χ3n) is 4.36. The number of fused-ring (bicyclic) bond motifs is 2. The van der Waals surface area contributed by atoms with Crippen LogP contribution in [0.4, 0.5) is 5.69 Å². The van der Waals surface area contributed by atoms with E-state index in [4.69, 9.17) is 0 Å². The van der Waals surface area contributed by atoms with Gasteiger partial charge in [0.1, 0.15) is 0 Å². The van der Waals surface area contributed by atoms with Gasteiger partial charge in [-0.15, -0.1) is 0 Å². The minimum absolute atomic E-state index is 0.141. The quantitative estimate of drug-likeness (QED) is 0.728. The third-order valence-corrected chi connectivity index (χ3v) is 4.36. The van der Waals surface area contributed by atoms with E-state index in [-0.39, 0.29) is 5.91 Å². The van der Waals surface area contributed by atoms with Gasteiger partial charge in [0.05, 0.1) is 6.42 Å². The molecule has 4 heteroatoms. The topological polar surface area (TPSA) is 38.1 Å². The van der Waals surface area contributed by atoms with Crippen molar-refractivity contribution in [1.82, 2.24) is 9.55 Å². The maximum atomic E-state index is 12.6. The van der Waals surface area contributed by atoms with E-state index in [0.29, 0.717) is 6.42 Å². The zero-order chi connectivity index (χ0) is 15.1. The first-order valence-electron chi connectivity index (χ1n) is 7.49. The van der Waals surface area contributed by atoms with Crippen molar-refractivity contribution in [1.29, 1.82) is 0 Å². The summed E-state index contributed by atoms with van der Waals surface area (Å²) >= 11 is 0. The van der Waals surface area contributed by atoms with Crippen LogP contribution in [0.1, 0.15) is 11.1 Å². The van der Waals surface area contributed by atoms with Crippen molar-refractivity contribution >= 4 is 22.5 Å². The molecule has 0 bridgehead atoms. The van der Waals surface area contributed by atoms with Gasteiger partial charge in [0.25, 0.3) is 0 Å². The van der Waals surface area contributed by atoms with Crippen LogP contribution >= 0.6 is 0 Å². The van der Waals surface area contributed by atoms with Gasteiger partial charge in [-0.2, -0.15) is 0 Å². The first-order chi connectivity index (χ1) is 10.7. The van der Waals surface area contributed by atoms with Gasteiger partial charge in [0, 0.05) is 48.8 Å². The first kappa shape index (κ1) is 13.1. The highest BCUT2D eigenvalue weighted by molar-refractivity contribution is 5.99. The van der Waals surface area contributed by atoms with Crippen molar-refractivity contribution in [2.75, 3.05) is 11.4 Å². The van der Waals surface area contributed by atoms with Crippen LogP contribution in [0.2, 0.25) is 0 Å². The number of aryl methyl sites for hydroxylation is 1. The molecule has 0 fully saturated rings. The molecule has 22 heavy (non-hydrogen) atoms. The molecule has 0 spiro atoms. The number of hydrogen-bond acceptors (Lipinski definition) is 2. The molecular weight excluding hydrogens is 274 g/mol. The molecule has 0 N–H and O–H groups in total. The van der Waals surface area contributed by atoms with Gasteiger partial charge >= 0.3 is 0 Å².